The van der Waals surface area contributed by atoms with Gasteiger partial charge in [0.25, 0.3) is 17.4 Å². The number of carbonyl (C=O) groups excluding carboxylic acids is 2. The number of carbonyl (C=O) groups is 2. The van der Waals surface area contributed by atoms with E-state index in [0.29, 0.717) is 33.5 Å². The lowest BCUT2D eigenvalue weighted by Crippen LogP contribution is -2.30. The largest absolute Gasteiger partial charge is 0.272 e. The van der Waals surface area contributed by atoms with Gasteiger partial charge in [-0.2, -0.15) is 5.10 Å². The third-order valence-corrected chi connectivity index (χ3v) is 5.26. The highest BCUT2D eigenvalue weighted by Crippen LogP contribution is 2.27. The SMILES string of the molecule is CCC(C)c1ccc2c(=O)[nH]nc(CN3C(=O)c4ccccc4C3=O)c2c1. The number of amides is 2. The van der Waals surface area contributed by atoms with Crippen molar-refractivity contribution < 1.29 is 9.59 Å². The van der Waals surface area contributed by atoms with E-state index in [1.807, 2.05) is 12.1 Å². The summed E-state index contributed by atoms with van der Waals surface area (Å²) in [6.45, 7) is 4.24. The normalized spacial score (nSPS) is 14.7. The standard InChI is InChI=1S/C21H19N3O3/c1-3-12(2)13-8-9-14-17(10-13)18(22-23-19(14)25)11-24-20(26)15-6-4-5-7-16(15)21(24)27/h4-10,12H,3,11H2,1-2H3,(H,23,25). The Bertz CT molecular complexity index is 1100. The predicted octanol–water partition coefficient (Wildman–Crippen LogP) is 3.23. The van der Waals surface area contributed by atoms with Crippen LogP contribution >= 0.6 is 0 Å². The second-order valence-corrected chi connectivity index (χ2v) is 6.86. The molecule has 2 aromatic carbocycles. The summed E-state index contributed by atoms with van der Waals surface area (Å²) in [6.07, 6.45) is 0.968. The van der Waals surface area contributed by atoms with Crippen molar-refractivity contribution in [3.8, 4) is 0 Å². The zero-order valence-electron chi connectivity index (χ0n) is 15.2. The summed E-state index contributed by atoms with van der Waals surface area (Å²) < 4.78 is 0. The Balaban J connectivity index is 1.79. The first-order chi connectivity index (χ1) is 13.0. The van der Waals surface area contributed by atoms with Crippen molar-refractivity contribution in [1.29, 1.82) is 0 Å². The zero-order chi connectivity index (χ0) is 19.1. The minimum Gasteiger partial charge on any atom is -0.269 e. The van der Waals surface area contributed by atoms with E-state index in [4.69, 9.17) is 0 Å². The summed E-state index contributed by atoms with van der Waals surface area (Å²) in [6, 6.07) is 12.4. The van der Waals surface area contributed by atoms with Gasteiger partial charge in [0.2, 0.25) is 0 Å². The average Bonchev–Trinajstić information content (AvgIpc) is 2.94. The van der Waals surface area contributed by atoms with E-state index in [9.17, 15) is 14.4 Å². The van der Waals surface area contributed by atoms with E-state index >= 15 is 0 Å². The number of fused-ring (bicyclic) bond motifs is 2. The molecule has 2 heterocycles. The third kappa shape index (κ3) is 2.73. The molecule has 3 aromatic rings. The van der Waals surface area contributed by atoms with Crippen LogP contribution in [-0.4, -0.2) is 26.9 Å². The van der Waals surface area contributed by atoms with Crippen LogP contribution in [0.4, 0.5) is 0 Å². The molecule has 136 valence electrons. The van der Waals surface area contributed by atoms with Crippen molar-refractivity contribution >= 4 is 22.6 Å². The Morgan fingerprint density at radius 1 is 1.00 bits per heavy atom. The van der Waals surface area contributed by atoms with E-state index in [1.54, 1.807) is 30.3 Å². The van der Waals surface area contributed by atoms with E-state index in [-0.39, 0.29) is 23.9 Å². The topological polar surface area (TPSA) is 83.1 Å². The van der Waals surface area contributed by atoms with Gasteiger partial charge in [-0.15, -0.1) is 0 Å². The van der Waals surface area contributed by atoms with Gasteiger partial charge in [0.05, 0.1) is 28.8 Å². The fourth-order valence-electron chi connectivity index (χ4n) is 3.43. The Hall–Kier alpha value is -3.28. The van der Waals surface area contributed by atoms with Gasteiger partial charge in [0.1, 0.15) is 0 Å². The number of hydrogen-bond donors (Lipinski definition) is 1. The molecule has 27 heavy (non-hydrogen) atoms. The number of nitrogens with zero attached hydrogens (tertiary/aromatic N) is 2. The quantitative estimate of drug-likeness (QED) is 0.723. The molecule has 4 rings (SSSR count). The first-order valence-electron chi connectivity index (χ1n) is 8.97. The third-order valence-electron chi connectivity index (χ3n) is 5.26. The monoisotopic (exact) mass is 361 g/mol. The maximum Gasteiger partial charge on any atom is 0.272 e. The Morgan fingerprint density at radius 3 is 2.30 bits per heavy atom. The molecular weight excluding hydrogens is 342 g/mol. The molecule has 0 fully saturated rings. The van der Waals surface area contributed by atoms with Crippen molar-refractivity contribution in [2.75, 3.05) is 0 Å². The fraction of sp³-hybridized carbons (Fsp3) is 0.238. The van der Waals surface area contributed by atoms with Crippen LogP contribution in [0.15, 0.2) is 47.3 Å². The molecule has 1 aliphatic heterocycles. The molecule has 1 atom stereocenters. The molecule has 6 heteroatoms. The van der Waals surface area contributed by atoms with Crippen LogP contribution < -0.4 is 5.56 Å². The van der Waals surface area contributed by atoms with E-state index < -0.39 is 0 Å². The van der Waals surface area contributed by atoms with Gasteiger partial charge in [-0.25, -0.2) is 5.10 Å². The Kier molecular flexibility index (Phi) is 4.11. The molecule has 6 nitrogen and oxygen atoms in total. The van der Waals surface area contributed by atoms with E-state index in [0.717, 1.165) is 12.0 Å². The van der Waals surface area contributed by atoms with Crippen LogP contribution in [-0.2, 0) is 6.54 Å². The summed E-state index contributed by atoms with van der Waals surface area (Å²) in [5, 5.41) is 7.80. The molecule has 0 spiro atoms. The lowest BCUT2D eigenvalue weighted by atomic mass is 9.96. The first-order valence-corrected chi connectivity index (χ1v) is 8.97. The lowest BCUT2D eigenvalue weighted by molar-refractivity contribution is 0.0641. The van der Waals surface area contributed by atoms with Crippen molar-refractivity contribution in [2.24, 2.45) is 0 Å². The highest BCUT2D eigenvalue weighted by molar-refractivity contribution is 6.21. The summed E-state index contributed by atoms with van der Waals surface area (Å²) in [7, 11) is 0. The van der Waals surface area contributed by atoms with Crippen LogP contribution in [0.3, 0.4) is 0 Å². The molecule has 0 saturated heterocycles. The smallest absolute Gasteiger partial charge is 0.269 e. The van der Waals surface area contributed by atoms with Crippen LogP contribution in [0.5, 0.6) is 0 Å². The van der Waals surface area contributed by atoms with Gasteiger partial charge in [-0.3, -0.25) is 19.3 Å². The second-order valence-electron chi connectivity index (χ2n) is 6.86. The predicted molar refractivity (Wildman–Crippen MR) is 102 cm³/mol. The highest BCUT2D eigenvalue weighted by atomic mass is 16.2. The van der Waals surface area contributed by atoms with Gasteiger partial charge >= 0.3 is 0 Å². The van der Waals surface area contributed by atoms with Crippen LogP contribution in [0.25, 0.3) is 10.8 Å². The summed E-state index contributed by atoms with van der Waals surface area (Å²) in [4.78, 5) is 38.6. The van der Waals surface area contributed by atoms with Crippen molar-refractivity contribution in [2.45, 2.75) is 32.7 Å². The lowest BCUT2D eigenvalue weighted by Gasteiger charge is -2.15. The Morgan fingerprint density at radius 2 is 1.67 bits per heavy atom. The fourth-order valence-corrected chi connectivity index (χ4v) is 3.43. The maximum absolute atomic E-state index is 12.6. The van der Waals surface area contributed by atoms with Crippen LogP contribution in [0, 0.1) is 0 Å². The van der Waals surface area contributed by atoms with Crippen molar-refractivity contribution in [3.05, 3.63) is 75.2 Å². The molecule has 0 bridgehead atoms. The van der Waals surface area contributed by atoms with E-state index in [1.165, 1.54) is 4.90 Å². The maximum atomic E-state index is 12.6. The number of aromatic amines is 1. The molecule has 0 radical (unpaired) electrons. The minimum atomic E-state index is -0.338. The number of H-pyrrole nitrogens is 1. The van der Waals surface area contributed by atoms with Gasteiger partial charge in [-0.1, -0.05) is 32.0 Å². The number of aromatic nitrogens is 2. The van der Waals surface area contributed by atoms with Crippen molar-refractivity contribution in [1.82, 2.24) is 15.1 Å². The van der Waals surface area contributed by atoms with Gasteiger partial charge in [0.15, 0.2) is 0 Å². The molecule has 1 aromatic heterocycles. The number of benzene rings is 2. The number of nitrogens with one attached hydrogen (secondary N) is 1. The highest BCUT2D eigenvalue weighted by Gasteiger charge is 2.35. The van der Waals surface area contributed by atoms with Crippen LogP contribution in [0.2, 0.25) is 0 Å². The second kappa shape index (κ2) is 6.46. The van der Waals surface area contributed by atoms with Gasteiger partial charge < -0.3 is 0 Å². The van der Waals surface area contributed by atoms with E-state index in [2.05, 4.69) is 24.0 Å². The first kappa shape index (κ1) is 17.1. The molecule has 1 unspecified atom stereocenters. The number of rotatable bonds is 4. The molecule has 0 aliphatic carbocycles. The van der Waals surface area contributed by atoms with Crippen LogP contribution in [0.1, 0.15) is 58.2 Å². The zero-order valence-corrected chi connectivity index (χ0v) is 15.2. The molecule has 2 amide bonds. The van der Waals surface area contributed by atoms with Gasteiger partial charge in [-0.05, 0) is 42.2 Å². The number of imide groups is 1. The average molecular weight is 361 g/mol. The summed E-state index contributed by atoms with van der Waals surface area (Å²) >= 11 is 0. The minimum absolute atomic E-state index is 0.0174. The molecule has 0 saturated carbocycles. The summed E-state index contributed by atoms with van der Waals surface area (Å²) in [5.74, 6) is -0.342. The summed E-state index contributed by atoms with van der Waals surface area (Å²) in [5.41, 5.74) is 2.12. The molecular formula is C21H19N3O3. The Labute approximate surface area is 155 Å². The van der Waals surface area contributed by atoms with Gasteiger partial charge in [0, 0.05) is 5.39 Å². The molecule has 1 aliphatic rings. The number of hydrogen-bond acceptors (Lipinski definition) is 4. The molecule has 1 N–H and O–H groups in total. The van der Waals surface area contributed by atoms with Crippen molar-refractivity contribution in [3.63, 3.8) is 0 Å².